The molecule has 0 aliphatic heterocycles. The van der Waals surface area contributed by atoms with E-state index in [1.807, 2.05) is 0 Å². The average Bonchev–Trinajstić information content (AvgIpc) is 3.11. The summed E-state index contributed by atoms with van der Waals surface area (Å²) in [5, 5.41) is 6.53. The zero-order chi connectivity index (χ0) is 23.3. The molecule has 2 aromatic heterocycles. The molecule has 0 saturated heterocycles. The standard InChI is InChI=1S/C20H24BrF3N4O2S/c1-9-15(21)16(20(22,23)24)27-28(9)8-13(29)26-18-14(17(25)30)11-6-5-10(19(2,3)4)7-12(11)31-18/h10H,5-8H2,1-4H3,(H2,25,30)(H,26,29). The van der Waals surface area contributed by atoms with Crippen molar-refractivity contribution < 1.29 is 22.8 Å². The first-order valence-corrected chi connectivity index (χ1v) is 11.3. The van der Waals surface area contributed by atoms with Crippen molar-refractivity contribution >= 4 is 44.1 Å². The molecule has 1 aliphatic rings. The molecule has 3 N–H and O–H groups in total. The number of hydrogen-bond acceptors (Lipinski definition) is 4. The van der Waals surface area contributed by atoms with E-state index < -0.39 is 30.2 Å². The van der Waals surface area contributed by atoms with E-state index >= 15 is 0 Å². The molecule has 11 heteroatoms. The quantitative estimate of drug-likeness (QED) is 0.599. The lowest BCUT2D eigenvalue weighted by Gasteiger charge is -2.33. The minimum Gasteiger partial charge on any atom is -0.365 e. The van der Waals surface area contributed by atoms with Crippen LogP contribution in [0.3, 0.4) is 0 Å². The second-order valence-electron chi connectivity index (χ2n) is 8.83. The highest BCUT2D eigenvalue weighted by atomic mass is 79.9. The molecule has 0 spiro atoms. The van der Waals surface area contributed by atoms with Crippen molar-refractivity contribution in [2.24, 2.45) is 17.1 Å². The Morgan fingerprint density at radius 2 is 1.97 bits per heavy atom. The largest absolute Gasteiger partial charge is 0.436 e. The highest BCUT2D eigenvalue weighted by Crippen LogP contribution is 2.44. The molecule has 0 bridgehead atoms. The van der Waals surface area contributed by atoms with Crippen molar-refractivity contribution in [2.45, 2.75) is 59.7 Å². The molecule has 3 rings (SSSR count). The molecule has 1 aliphatic carbocycles. The number of carbonyl (C=O) groups is 2. The Balaban J connectivity index is 1.85. The molecule has 2 amide bonds. The van der Waals surface area contributed by atoms with Gasteiger partial charge in [-0.1, -0.05) is 20.8 Å². The Bertz CT molecular complexity index is 1040. The molecule has 0 radical (unpaired) electrons. The summed E-state index contributed by atoms with van der Waals surface area (Å²) >= 11 is 4.20. The van der Waals surface area contributed by atoms with Crippen LogP contribution in [0.2, 0.25) is 0 Å². The van der Waals surface area contributed by atoms with Gasteiger partial charge >= 0.3 is 6.18 Å². The van der Waals surface area contributed by atoms with E-state index in [0.29, 0.717) is 22.9 Å². The molecule has 170 valence electrons. The summed E-state index contributed by atoms with van der Waals surface area (Å²) in [5.74, 6) is -0.771. The third-order valence-electron chi connectivity index (χ3n) is 5.68. The van der Waals surface area contributed by atoms with Gasteiger partial charge in [0, 0.05) is 4.88 Å². The van der Waals surface area contributed by atoms with Crippen LogP contribution < -0.4 is 11.1 Å². The van der Waals surface area contributed by atoms with Gasteiger partial charge in [0.2, 0.25) is 5.91 Å². The number of primary amides is 1. The number of halogens is 4. The van der Waals surface area contributed by atoms with Gasteiger partial charge in [0.25, 0.3) is 5.91 Å². The second kappa shape index (κ2) is 8.23. The van der Waals surface area contributed by atoms with Crippen molar-refractivity contribution in [3.05, 3.63) is 31.9 Å². The van der Waals surface area contributed by atoms with Crippen LogP contribution in [0, 0.1) is 18.3 Å². The summed E-state index contributed by atoms with van der Waals surface area (Å²) in [4.78, 5) is 25.7. The zero-order valence-electron chi connectivity index (χ0n) is 17.6. The number of nitrogens with zero attached hydrogens (tertiary/aromatic N) is 2. The van der Waals surface area contributed by atoms with E-state index in [4.69, 9.17) is 5.73 Å². The molecule has 1 unspecified atom stereocenters. The van der Waals surface area contributed by atoms with Crippen LogP contribution in [0.1, 0.15) is 59.4 Å². The fraction of sp³-hybridized carbons (Fsp3) is 0.550. The highest BCUT2D eigenvalue weighted by molar-refractivity contribution is 9.10. The number of hydrogen-bond donors (Lipinski definition) is 2. The van der Waals surface area contributed by atoms with Gasteiger partial charge in [0.15, 0.2) is 5.69 Å². The van der Waals surface area contributed by atoms with Crippen LogP contribution in [0.5, 0.6) is 0 Å². The molecular weight excluding hydrogens is 497 g/mol. The van der Waals surface area contributed by atoms with E-state index in [2.05, 4.69) is 47.1 Å². The van der Waals surface area contributed by atoms with Gasteiger partial charge in [0.1, 0.15) is 11.5 Å². The fourth-order valence-electron chi connectivity index (χ4n) is 3.84. The summed E-state index contributed by atoms with van der Waals surface area (Å²) in [6.07, 6.45) is -2.23. The molecule has 0 fully saturated rings. The Hall–Kier alpha value is -1.88. The number of anilines is 1. The lowest BCUT2D eigenvalue weighted by molar-refractivity contribution is -0.142. The smallest absolute Gasteiger partial charge is 0.365 e. The minimum absolute atomic E-state index is 0.110. The topological polar surface area (TPSA) is 90.0 Å². The molecule has 0 saturated carbocycles. The van der Waals surface area contributed by atoms with Gasteiger partial charge < -0.3 is 11.1 Å². The van der Waals surface area contributed by atoms with Gasteiger partial charge in [-0.3, -0.25) is 14.3 Å². The summed E-state index contributed by atoms with van der Waals surface area (Å²) in [5.41, 5.74) is 5.96. The normalized spacial score (nSPS) is 16.8. The number of carbonyl (C=O) groups excluding carboxylic acids is 2. The zero-order valence-corrected chi connectivity index (χ0v) is 20.0. The maximum Gasteiger partial charge on any atom is 0.436 e. The Labute approximate surface area is 190 Å². The monoisotopic (exact) mass is 520 g/mol. The van der Waals surface area contributed by atoms with Crippen LogP contribution in [0.15, 0.2) is 4.47 Å². The van der Waals surface area contributed by atoms with Crippen LogP contribution >= 0.6 is 27.3 Å². The maximum atomic E-state index is 13.1. The Morgan fingerprint density at radius 3 is 2.48 bits per heavy atom. The van der Waals surface area contributed by atoms with Crippen molar-refractivity contribution in [3.63, 3.8) is 0 Å². The predicted molar refractivity (Wildman–Crippen MR) is 116 cm³/mol. The van der Waals surface area contributed by atoms with Crippen molar-refractivity contribution in [3.8, 4) is 0 Å². The number of rotatable bonds is 4. The minimum atomic E-state index is -4.64. The summed E-state index contributed by atoms with van der Waals surface area (Å²) < 4.78 is 40.0. The molecule has 2 heterocycles. The molecule has 31 heavy (non-hydrogen) atoms. The van der Waals surface area contributed by atoms with Gasteiger partial charge in [-0.25, -0.2) is 0 Å². The lowest BCUT2D eigenvalue weighted by Crippen LogP contribution is -2.27. The van der Waals surface area contributed by atoms with Crippen molar-refractivity contribution in [2.75, 3.05) is 5.32 Å². The van der Waals surface area contributed by atoms with E-state index in [1.165, 1.54) is 18.3 Å². The Kier molecular flexibility index (Phi) is 6.31. The van der Waals surface area contributed by atoms with Crippen LogP contribution in [-0.4, -0.2) is 21.6 Å². The third kappa shape index (κ3) is 4.82. The van der Waals surface area contributed by atoms with E-state index in [0.717, 1.165) is 28.0 Å². The number of fused-ring (bicyclic) bond motifs is 1. The Morgan fingerprint density at radius 1 is 1.32 bits per heavy atom. The van der Waals surface area contributed by atoms with Gasteiger partial charge in [-0.05, 0) is 59.0 Å². The van der Waals surface area contributed by atoms with Crippen molar-refractivity contribution in [1.82, 2.24) is 9.78 Å². The van der Waals surface area contributed by atoms with Gasteiger partial charge in [-0.15, -0.1) is 11.3 Å². The van der Waals surface area contributed by atoms with Crippen molar-refractivity contribution in [1.29, 1.82) is 0 Å². The van der Waals surface area contributed by atoms with E-state index in [-0.39, 0.29) is 15.6 Å². The molecule has 2 aromatic rings. The number of thiophene rings is 1. The van der Waals surface area contributed by atoms with Crippen LogP contribution in [-0.2, 0) is 30.4 Å². The van der Waals surface area contributed by atoms with E-state index in [9.17, 15) is 22.8 Å². The third-order valence-corrected chi connectivity index (χ3v) is 7.80. The average molecular weight is 521 g/mol. The summed E-state index contributed by atoms with van der Waals surface area (Å²) in [7, 11) is 0. The van der Waals surface area contributed by atoms with Gasteiger partial charge in [-0.2, -0.15) is 18.3 Å². The predicted octanol–water partition coefficient (Wildman–Crippen LogP) is 4.92. The molecule has 0 aromatic carbocycles. The molecule has 6 nitrogen and oxygen atoms in total. The molecule has 1 atom stereocenters. The molecular formula is C20H24BrF3N4O2S. The van der Waals surface area contributed by atoms with Crippen LogP contribution in [0.4, 0.5) is 18.2 Å². The number of amides is 2. The van der Waals surface area contributed by atoms with Gasteiger partial charge in [0.05, 0.1) is 15.7 Å². The second-order valence-corrected chi connectivity index (χ2v) is 10.7. The first-order valence-electron chi connectivity index (χ1n) is 9.74. The first-order chi connectivity index (χ1) is 14.2. The number of nitrogens with one attached hydrogen (secondary N) is 1. The number of nitrogens with two attached hydrogens (primary N) is 1. The highest BCUT2D eigenvalue weighted by Gasteiger charge is 2.38. The summed E-state index contributed by atoms with van der Waals surface area (Å²) in [6, 6.07) is 0. The SMILES string of the molecule is Cc1c(Br)c(C(F)(F)F)nn1CC(=O)Nc1sc2c(c1C(N)=O)CCC(C(C)(C)C)C2. The number of alkyl halides is 3. The summed E-state index contributed by atoms with van der Waals surface area (Å²) in [6.45, 7) is 7.53. The number of aromatic nitrogens is 2. The lowest BCUT2D eigenvalue weighted by atomic mass is 9.72. The maximum absolute atomic E-state index is 13.1. The first kappa shape index (κ1) is 23.8. The van der Waals surface area contributed by atoms with E-state index in [1.54, 1.807) is 0 Å². The van der Waals surface area contributed by atoms with Crippen LogP contribution in [0.25, 0.3) is 0 Å². The fourth-order valence-corrected chi connectivity index (χ4v) is 5.69.